The van der Waals surface area contributed by atoms with E-state index >= 15 is 0 Å². The molecule has 1 rings (SSSR count). The van der Waals surface area contributed by atoms with Crippen LogP contribution in [-0.4, -0.2) is 26.0 Å². The Bertz CT molecular complexity index is 410. The number of benzene rings is 1. The molecule has 86 valence electrons. The van der Waals surface area contributed by atoms with Crippen molar-refractivity contribution < 1.29 is 19.1 Å². The van der Waals surface area contributed by atoms with E-state index in [1.807, 2.05) is 0 Å². The maximum Gasteiger partial charge on any atom is 0.338 e. The molecule has 1 aromatic rings. The largest absolute Gasteiger partial charge is 0.496 e. The summed E-state index contributed by atoms with van der Waals surface area (Å²) < 4.78 is 9.95. The molecule has 0 unspecified atom stereocenters. The van der Waals surface area contributed by atoms with Gasteiger partial charge >= 0.3 is 5.97 Å². The molecule has 0 saturated carbocycles. The predicted octanol–water partition coefficient (Wildman–Crippen LogP) is 1.99. The van der Waals surface area contributed by atoms with E-state index < -0.39 is 5.97 Å². The van der Waals surface area contributed by atoms with Crippen LogP contribution < -0.4 is 4.74 Å². The highest BCUT2D eigenvalue weighted by atomic mass is 16.5. The summed E-state index contributed by atoms with van der Waals surface area (Å²) in [6.07, 6.45) is 0.695. The first-order valence-corrected chi connectivity index (χ1v) is 4.95. The van der Waals surface area contributed by atoms with E-state index in [2.05, 4.69) is 0 Å². The monoisotopic (exact) mass is 222 g/mol. The second-order valence-electron chi connectivity index (χ2n) is 3.23. The summed E-state index contributed by atoms with van der Waals surface area (Å²) in [5, 5.41) is 0. The van der Waals surface area contributed by atoms with Gasteiger partial charge in [0, 0.05) is 11.1 Å². The first-order chi connectivity index (χ1) is 7.63. The minimum atomic E-state index is -0.455. The molecule has 4 nitrogen and oxygen atoms in total. The summed E-state index contributed by atoms with van der Waals surface area (Å²) in [6.45, 7) is 3.78. The molecule has 0 bridgehead atoms. The lowest BCUT2D eigenvalue weighted by Gasteiger charge is -2.09. The van der Waals surface area contributed by atoms with Crippen LogP contribution in [0.3, 0.4) is 0 Å². The minimum absolute atomic E-state index is 0.297. The summed E-state index contributed by atoms with van der Waals surface area (Å²) in [7, 11) is 1.49. The zero-order valence-corrected chi connectivity index (χ0v) is 9.57. The summed E-state index contributed by atoms with van der Waals surface area (Å²) in [6, 6.07) is 3.07. The maximum atomic E-state index is 11.5. The van der Waals surface area contributed by atoms with Crippen LogP contribution >= 0.6 is 0 Å². The maximum absolute atomic E-state index is 11.5. The van der Waals surface area contributed by atoms with Gasteiger partial charge in [0.1, 0.15) is 12.0 Å². The number of methoxy groups -OCH3 is 1. The van der Waals surface area contributed by atoms with Crippen LogP contribution in [0, 0.1) is 6.92 Å². The smallest absolute Gasteiger partial charge is 0.338 e. The van der Waals surface area contributed by atoms with Crippen molar-refractivity contribution in [3.8, 4) is 5.75 Å². The number of hydrogen-bond acceptors (Lipinski definition) is 4. The average Bonchev–Trinajstić information content (AvgIpc) is 2.29. The highest BCUT2D eigenvalue weighted by Gasteiger charge is 2.13. The van der Waals surface area contributed by atoms with Crippen molar-refractivity contribution in [2.75, 3.05) is 13.7 Å². The summed E-state index contributed by atoms with van der Waals surface area (Å²) in [4.78, 5) is 22.3. The number of aldehydes is 1. The molecule has 0 saturated heterocycles. The van der Waals surface area contributed by atoms with Crippen molar-refractivity contribution in [2.45, 2.75) is 13.8 Å². The zero-order valence-electron chi connectivity index (χ0n) is 9.57. The number of carbonyl (C=O) groups excluding carboxylic acids is 2. The second kappa shape index (κ2) is 5.30. The van der Waals surface area contributed by atoms with Crippen molar-refractivity contribution in [2.24, 2.45) is 0 Å². The van der Waals surface area contributed by atoms with Gasteiger partial charge in [-0.3, -0.25) is 4.79 Å². The van der Waals surface area contributed by atoms with Gasteiger partial charge in [-0.25, -0.2) is 4.79 Å². The quantitative estimate of drug-likeness (QED) is 0.577. The third kappa shape index (κ3) is 2.39. The van der Waals surface area contributed by atoms with E-state index in [9.17, 15) is 9.59 Å². The molecule has 16 heavy (non-hydrogen) atoms. The van der Waals surface area contributed by atoms with Gasteiger partial charge in [0.2, 0.25) is 0 Å². The summed E-state index contributed by atoms with van der Waals surface area (Å²) in [5.74, 6) is 0.0524. The molecular formula is C12H14O4. The Morgan fingerprint density at radius 2 is 2.12 bits per heavy atom. The van der Waals surface area contributed by atoms with Crippen LogP contribution in [0.5, 0.6) is 5.75 Å². The topological polar surface area (TPSA) is 52.6 Å². The number of hydrogen-bond donors (Lipinski definition) is 0. The van der Waals surface area contributed by atoms with E-state index in [0.717, 1.165) is 0 Å². The fraction of sp³-hybridized carbons (Fsp3) is 0.333. The van der Waals surface area contributed by atoms with Crippen LogP contribution in [0.1, 0.15) is 33.2 Å². The van der Waals surface area contributed by atoms with E-state index in [4.69, 9.17) is 9.47 Å². The molecule has 1 aromatic carbocycles. The number of carbonyl (C=O) groups is 2. The Balaban J connectivity index is 3.21. The SMILES string of the molecule is CCOC(=O)c1cc(C=O)c(C)c(OC)c1. The zero-order chi connectivity index (χ0) is 12.1. The summed E-state index contributed by atoms with van der Waals surface area (Å²) >= 11 is 0. The Hall–Kier alpha value is -1.84. The lowest BCUT2D eigenvalue weighted by atomic mass is 10.0. The first kappa shape index (κ1) is 12.2. The third-order valence-corrected chi connectivity index (χ3v) is 2.26. The Kier molecular flexibility index (Phi) is 4.05. The highest BCUT2D eigenvalue weighted by molar-refractivity contribution is 5.93. The van der Waals surface area contributed by atoms with Crippen LogP contribution in [-0.2, 0) is 4.74 Å². The highest BCUT2D eigenvalue weighted by Crippen LogP contribution is 2.23. The molecule has 4 heteroatoms. The molecule has 0 N–H and O–H groups in total. The number of rotatable bonds is 4. The molecule has 0 aromatic heterocycles. The second-order valence-corrected chi connectivity index (χ2v) is 3.23. The van der Waals surface area contributed by atoms with Gasteiger partial charge in [0.15, 0.2) is 0 Å². The first-order valence-electron chi connectivity index (χ1n) is 4.95. The third-order valence-electron chi connectivity index (χ3n) is 2.26. The standard InChI is InChI=1S/C12H14O4/c1-4-16-12(14)9-5-10(7-13)8(2)11(6-9)15-3/h5-7H,4H2,1-3H3. The normalized spacial score (nSPS) is 9.69. The molecule has 0 spiro atoms. The van der Waals surface area contributed by atoms with Gasteiger partial charge in [0.05, 0.1) is 19.3 Å². The molecule has 0 fully saturated rings. The van der Waals surface area contributed by atoms with Crippen molar-refractivity contribution in [3.05, 3.63) is 28.8 Å². The van der Waals surface area contributed by atoms with Crippen LogP contribution in [0.25, 0.3) is 0 Å². The van der Waals surface area contributed by atoms with Crippen molar-refractivity contribution in [1.82, 2.24) is 0 Å². The molecule has 0 heterocycles. The van der Waals surface area contributed by atoms with Crippen LogP contribution in [0.2, 0.25) is 0 Å². The number of esters is 1. The van der Waals surface area contributed by atoms with E-state index in [1.165, 1.54) is 13.2 Å². The van der Waals surface area contributed by atoms with E-state index in [1.54, 1.807) is 19.9 Å². The predicted molar refractivity (Wildman–Crippen MR) is 59.1 cm³/mol. The van der Waals surface area contributed by atoms with Crippen LogP contribution in [0.15, 0.2) is 12.1 Å². The lowest BCUT2D eigenvalue weighted by Crippen LogP contribution is -2.06. The lowest BCUT2D eigenvalue weighted by molar-refractivity contribution is 0.0526. The van der Waals surface area contributed by atoms with Gasteiger partial charge in [0.25, 0.3) is 0 Å². The fourth-order valence-electron chi connectivity index (χ4n) is 1.38. The Morgan fingerprint density at radius 1 is 1.44 bits per heavy atom. The molecule has 0 amide bonds. The van der Waals surface area contributed by atoms with Crippen molar-refractivity contribution in [3.63, 3.8) is 0 Å². The van der Waals surface area contributed by atoms with E-state index in [0.29, 0.717) is 35.3 Å². The van der Waals surface area contributed by atoms with Gasteiger partial charge in [-0.2, -0.15) is 0 Å². The minimum Gasteiger partial charge on any atom is -0.496 e. The molecular weight excluding hydrogens is 208 g/mol. The number of ether oxygens (including phenoxy) is 2. The van der Waals surface area contributed by atoms with Gasteiger partial charge in [-0.15, -0.1) is 0 Å². The molecule has 0 aliphatic rings. The molecule has 0 atom stereocenters. The van der Waals surface area contributed by atoms with Crippen molar-refractivity contribution >= 4 is 12.3 Å². The molecule has 0 aliphatic carbocycles. The fourth-order valence-corrected chi connectivity index (χ4v) is 1.38. The van der Waals surface area contributed by atoms with Gasteiger partial charge < -0.3 is 9.47 Å². The van der Waals surface area contributed by atoms with Crippen molar-refractivity contribution in [1.29, 1.82) is 0 Å². The Morgan fingerprint density at radius 3 is 2.62 bits per heavy atom. The van der Waals surface area contributed by atoms with Crippen LogP contribution in [0.4, 0.5) is 0 Å². The van der Waals surface area contributed by atoms with E-state index in [-0.39, 0.29) is 0 Å². The average molecular weight is 222 g/mol. The molecule has 0 radical (unpaired) electrons. The summed E-state index contributed by atoms with van der Waals surface area (Å²) in [5.41, 5.74) is 1.47. The molecule has 0 aliphatic heterocycles. The van der Waals surface area contributed by atoms with Gasteiger partial charge in [-0.05, 0) is 26.0 Å². The Labute approximate surface area is 94.2 Å². The van der Waals surface area contributed by atoms with Gasteiger partial charge in [-0.1, -0.05) is 0 Å².